The molecule has 0 spiro atoms. The van der Waals surface area contributed by atoms with E-state index in [1.54, 1.807) is 0 Å². The van der Waals surface area contributed by atoms with Gasteiger partial charge in [-0.2, -0.15) is 52.7 Å². The number of rotatable bonds is 0. The van der Waals surface area contributed by atoms with Crippen LogP contribution in [-0.2, 0) is 21.1 Å². The van der Waals surface area contributed by atoms with Crippen LogP contribution < -0.4 is 9.41 Å². The van der Waals surface area contributed by atoms with E-state index in [0.29, 0.717) is 0 Å². The van der Waals surface area contributed by atoms with Crippen molar-refractivity contribution in [2.45, 2.75) is 0 Å². The van der Waals surface area contributed by atoms with Gasteiger partial charge < -0.3 is 9.41 Å². The third kappa shape index (κ3) is 11.7. The summed E-state index contributed by atoms with van der Waals surface area (Å²) >= 11 is 0. The first-order chi connectivity index (χ1) is 20.1. The molecule has 0 fully saturated rings. The smallest absolute Gasteiger partial charge is 1.00 e. The Bertz CT molecular complexity index is 1370. The summed E-state index contributed by atoms with van der Waals surface area (Å²) in [7, 11) is 0. The largest absolute Gasteiger partial charge is 2.00 e. The molecule has 23 heteroatoms. The van der Waals surface area contributed by atoms with E-state index in [1.807, 2.05) is 0 Å². The zero-order valence-electron chi connectivity index (χ0n) is 20.7. The Morgan fingerprint density at radius 1 is 0.213 bits per heavy atom. The third-order valence-electron chi connectivity index (χ3n) is 3.96. The average Bonchev–Trinajstić information content (AvgIpc) is 2.97. The van der Waals surface area contributed by atoms with E-state index in [4.69, 9.17) is 0 Å². The standard InChI is InChI=1S/4C6F5.2FH.Mo/c4*7-2-1-3(8)5(10)6(11)4(2)9;;;/h;;;;2*1H;/q;;;;;;+2/p-2. The molecule has 0 N–H and O–H groups in total. The minimum absolute atomic E-state index is 0. The van der Waals surface area contributed by atoms with Gasteiger partial charge in [-0.1, -0.05) is 0 Å². The van der Waals surface area contributed by atoms with Crippen LogP contribution in [0.2, 0.25) is 0 Å². The summed E-state index contributed by atoms with van der Waals surface area (Å²) in [5, 5.41) is 0. The van der Waals surface area contributed by atoms with Gasteiger partial charge in [0.15, 0.2) is 46.6 Å². The van der Waals surface area contributed by atoms with Crippen LogP contribution in [0.5, 0.6) is 0 Å². The molecule has 0 saturated carbocycles. The molecule has 0 nitrogen and oxygen atoms in total. The molecular formula is C24F22Mo. The SMILES string of the molecule is F[C]1C(F)=C=C(F)C(F)=C1F.F[C]1C(F)=C=C(F)C(F)=C1F.F[C]1C(F)=C=C(F)C(F)=C1F.F[C]1C(F)=C=C(F)C(F)=C1F.[F-].[F-].[Mo+2]. The van der Waals surface area contributed by atoms with E-state index >= 15 is 0 Å². The Hall–Kier alpha value is -3.81. The van der Waals surface area contributed by atoms with Crippen molar-refractivity contribution in [1.29, 1.82) is 0 Å². The molecular weight excluding hydrogens is 802 g/mol. The molecule has 0 heterocycles. The quantitative estimate of drug-likeness (QED) is 0.164. The first-order valence-electron chi connectivity index (χ1n) is 9.78. The van der Waals surface area contributed by atoms with Crippen molar-refractivity contribution in [2.75, 3.05) is 0 Å². The molecule has 0 aromatic carbocycles. The fourth-order valence-electron chi connectivity index (χ4n) is 1.98. The number of halogens is 22. The van der Waals surface area contributed by atoms with E-state index < -0.39 is 118 Å². The third-order valence-corrected chi connectivity index (χ3v) is 3.96. The molecule has 0 amide bonds. The van der Waals surface area contributed by atoms with Gasteiger partial charge in [0.2, 0.25) is 46.6 Å². The fourth-order valence-corrected chi connectivity index (χ4v) is 1.98. The summed E-state index contributed by atoms with van der Waals surface area (Å²) in [6.45, 7) is 0. The van der Waals surface area contributed by atoms with Gasteiger partial charge in [-0.3, -0.25) is 0 Å². The molecule has 0 saturated heterocycles. The number of hydrogen-bond donors (Lipinski definition) is 0. The van der Waals surface area contributed by atoms with Crippen LogP contribution in [0.1, 0.15) is 0 Å². The Kier molecular flexibility index (Phi) is 20.0. The monoisotopic (exact) mass is 804 g/mol. The van der Waals surface area contributed by atoms with Gasteiger partial charge in [0.25, 0.3) is 24.7 Å². The van der Waals surface area contributed by atoms with Crippen LogP contribution in [0.4, 0.5) is 87.8 Å². The molecule has 4 rings (SSSR count). The molecule has 0 aliphatic heterocycles. The van der Waals surface area contributed by atoms with Gasteiger partial charge >= 0.3 is 21.1 Å². The van der Waals surface area contributed by atoms with Gasteiger partial charge in [-0.25, -0.2) is 35.1 Å². The van der Waals surface area contributed by atoms with Crippen LogP contribution in [-0.4, -0.2) is 0 Å². The summed E-state index contributed by atoms with van der Waals surface area (Å²) in [5.41, 5.74) is 4.10. The van der Waals surface area contributed by atoms with Gasteiger partial charge in [-0.15, -0.1) is 0 Å². The van der Waals surface area contributed by atoms with E-state index in [2.05, 4.69) is 0 Å². The molecule has 0 bridgehead atoms. The zero-order valence-corrected chi connectivity index (χ0v) is 22.7. The van der Waals surface area contributed by atoms with Crippen molar-refractivity contribution in [3.05, 3.63) is 141 Å². The predicted molar refractivity (Wildman–Crippen MR) is 105 cm³/mol. The first-order valence-corrected chi connectivity index (χ1v) is 9.78. The van der Waals surface area contributed by atoms with Crippen molar-refractivity contribution < 1.29 is 118 Å². The van der Waals surface area contributed by atoms with Gasteiger partial charge in [0.05, 0.1) is 0 Å². The zero-order chi connectivity index (χ0) is 34.4. The maximum Gasteiger partial charge on any atom is 2.00 e. The van der Waals surface area contributed by atoms with E-state index in [0.717, 1.165) is 22.9 Å². The van der Waals surface area contributed by atoms with Gasteiger partial charge in [0.1, 0.15) is 0 Å². The second kappa shape index (κ2) is 19.8. The average molecular weight is 802 g/mol. The van der Waals surface area contributed by atoms with Crippen LogP contribution in [0, 0.1) is 24.7 Å². The van der Waals surface area contributed by atoms with E-state index in [-0.39, 0.29) is 30.5 Å². The summed E-state index contributed by atoms with van der Waals surface area (Å²) in [5.74, 6) is -31.9. The number of hydrogen-bond acceptors (Lipinski definition) is 0. The Labute approximate surface area is 259 Å². The van der Waals surface area contributed by atoms with E-state index in [1.165, 1.54) is 0 Å². The molecule has 256 valence electrons. The van der Waals surface area contributed by atoms with Crippen molar-refractivity contribution in [3.8, 4) is 0 Å². The molecule has 0 atom stereocenters. The van der Waals surface area contributed by atoms with Crippen molar-refractivity contribution in [3.63, 3.8) is 0 Å². The number of allylic oxidation sites excluding steroid dienone is 12. The van der Waals surface area contributed by atoms with Crippen molar-refractivity contribution in [2.24, 2.45) is 0 Å². The summed E-state index contributed by atoms with van der Waals surface area (Å²) < 4.78 is 239. The molecule has 47 heavy (non-hydrogen) atoms. The van der Waals surface area contributed by atoms with Crippen LogP contribution >= 0.6 is 0 Å². The fraction of sp³-hybridized carbons (Fsp3) is 0. The summed E-state index contributed by atoms with van der Waals surface area (Å²) in [6, 6.07) is 0. The second-order valence-electron chi connectivity index (χ2n) is 6.78. The molecule has 4 radical (unpaired) electrons. The van der Waals surface area contributed by atoms with E-state index in [9.17, 15) is 87.8 Å². The molecule has 4 aliphatic carbocycles. The van der Waals surface area contributed by atoms with Crippen LogP contribution in [0.15, 0.2) is 116 Å². The Morgan fingerprint density at radius 3 is 0.468 bits per heavy atom. The van der Waals surface area contributed by atoms with Crippen LogP contribution in [0.25, 0.3) is 0 Å². The van der Waals surface area contributed by atoms with Gasteiger partial charge in [-0.05, 0) is 22.9 Å². The molecule has 0 aromatic rings. The maximum atomic E-state index is 12.0. The first kappa shape index (κ1) is 47.6. The Balaban J connectivity index is -0.000000538. The molecule has 4 aliphatic rings. The maximum absolute atomic E-state index is 12.0. The minimum Gasteiger partial charge on any atom is -1.00 e. The molecule has 0 unspecified atom stereocenters. The normalized spacial score (nSPS) is 18.8. The predicted octanol–water partition coefficient (Wildman–Crippen LogP) is 5.84. The summed E-state index contributed by atoms with van der Waals surface area (Å²) in [4.78, 5) is 0. The Morgan fingerprint density at radius 2 is 0.340 bits per heavy atom. The molecule has 0 aromatic heterocycles. The van der Waals surface area contributed by atoms with Crippen LogP contribution in [0.3, 0.4) is 0 Å². The van der Waals surface area contributed by atoms with Gasteiger partial charge in [0, 0.05) is 0 Å². The van der Waals surface area contributed by atoms with Crippen molar-refractivity contribution in [1.82, 2.24) is 0 Å². The van der Waals surface area contributed by atoms with Crippen molar-refractivity contribution >= 4 is 0 Å². The minimum atomic E-state index is -2.17. The second-order valence-corrected chi connectivity index (χ2v) is 6.78. The topological polar surface area (TPSA) is 0 Å². The summed E-state index contributed by atoms with van der Waals surface area (Å²) in [6.07, 6.45) is -8.26.